The van der Waals surface area contributed by atoms with Crippen LogP contribution >= 0.6 is 0 Å². The number of nitrogens with zero attached hydrogens (tertiary/aromatic N) is 3. The minimum atomic E-state index is -0.0398. The normalized spacial score (nSPS) is 16.1. The Labute approximate surface area is 125 Å². The SMILES string of the molecule is CCOCCCC(=O)Nc1nc(C2CCNCC2)nn1C. The highest BCUT2D eigenvalue weighted by Crippen LogP contribution is 2.23. The van der Waals surface area contributed by atoms with Gasteiger partial charge in [0.05, 0.1) is 0 Å². The first kappa shape index (κ1) is 15.9. The van der Waals surface area contributed by atoms with Gasteiger partial charge in [0.25, 0.3) is 0 Å². The van der Waals surface area contributed by atoms with Crippen molar-refractivity contribution in [1.82, 2.24) is 20.1 Å². The van der Waals surface area contributed by atoms with E-state index in [9.17, 15) is 4.79 Å². The Morgan fingerprint density at radius 1 is 1.48 bits per heavy atom. The molecule has 2 N–H and O–H groups in total. The van der Waals surface area contributed by atoms with E-state index in [1.165, 1.54) is 0 Å². The molecule has 1 saturated heterocycles. The van der Waals surface area contributed by atoms with Gasteiger partial charge in [-0.2, -0.15) is 10.1 Å². The summed E-state index contributed by atoms with van der Waals surface area (Å²) >= 11 is 0. The van der Waals surface area contributed by atoms with E-state index < -0.39 is 0 Å². The molecule has 0 spiro atoms. The Bertz CT molecular complexity index is 454. The van der Waals surface area contributed by atoms with Crippen LogP contribution in [0.4, 0.5) is 5.95 Å². The molecule has 21 heavy (non-hydrogen) atoms. The van der Waals surface area contributed by atoms with Gasteiger partial charge in [-0.3, -0.25) is 10.1 Å². The standard InChI is InChI=1S/C14H25N5O2/c1-3-21-10-4-5-12(20)16-14-17-13(18-19(14)2)11-6-8-15-9-7-11/h11,15H,3-10H2,1-2H3,(H,16,17,18,20). The second-order valence-electron chi connectivity index (χ2n) is 5.29. The van der Waals surface area contributed by atoms with E-state index in [-0.39, 0.29) is 5.91 Å². The number of nitrogens with one attached hydrogen (secondary N) is 2. The van der Waals surface area contributed by atoms with Crippen LogP contribution in [0.25, 0.3) is 0 Å². The molecule has 1 aliphatic heterocycles. The largest absolute Gasteiger partial charge is 0.382 e. The quantitative estimate of drug-likeness (QED) is 0.735. The van der Waals surface area contributed by atoms with E-state index in [1.807, 2.05) is 14.0 Å². The van der Waals surface area contributed by atoms with Gasteiger partial charge in [-0.15, -0.1) is 0 Å². The number of ether oxygens (including phenoxy) is 1. The summed E-state index contributed by atoms with van der Waals surface area (Å²) in [5.74, 6) is 1.72. The zero-order chi connectivity index (χ0) is 15.1. The highest BCUT2D eigenvalue weighted by atomic mass is 16.5. The molecule has 2 rings (SSSR count). The highest BCUT2D eigenvalue weighted by Gasteiger charge is 2.21. The van der Waals surface area contributed by atoms with Crippen molar-refractivity contribution in [1.29, 1.82) is 0 Å². The molecule has 1 aliphatic rings. The summed E-state index contributed by atoms with van der Waals surface area (Å²) in [6.45, 7) is 5.25. The van der Waals surface area contributed by atoms with Crippen LogP contribution in [0, 0.1) is 0 Å². The Morgan fingerprint density at radius 2 is 2.24 bits per heavy atom. The van der Waals surface area contributed by atoms with Gasteiger partial charge in [0.15, 0.2) is 5.82 Å². The maximum atomic E-state index is 11.9. The molecule has 0 bridgehead atoms. The number of carbonyl (C=O) groups is 1. The fourth-order valence-corrected chi connectivity index (χ4v) is 2.43. The zero-order valence-electron chi connectivity index (χ0n) is 12.9. The molecule has 1 amide bonds. The van der Waals surface area contributed by atoms with Crippen molar-refractivity contribution in [3.8, 4) is 0 Å². The number of rotatable bonds is 7. The zero-order valence-corrected chi connectivity index (χ0v) is 12.9. The lowest BCUT2D eigenvalue weighted by atomic mass is 9.98. The second-order valence-corrected chi connectivity index (χ2v) is 5.29. The van der Waals surface area contributed by atoms with E-state index in [2.05, 4.69) is 20.7 Å². The van der Waals surface area contributed by atoms with Crippen LogP contribution in [-0.2, 0) is 16.6 Å². The Morgan fingerprint density at radius 3 is 2.95 bits per heavy atom. The van der Waals surface area contributed by atoms with Crippen molar-refractivity contribution in [2.75, 3.05) is 31.6 Å². The lowest BCUT2D eigenvalue weighted by Crippen LogP contribution is -2.27. The average molecular weight is 295 g/mol. The summed E-state index contributed by atoms with van der Waals surface area (Å²) < 4.78 is 6.87. The lowest BCUT2D eigenvalue weighted by molar-refractivity contribution is -0.116. The first-order valence-electron chi connectivity index (χ1n) is 7.70. The van der Waals surface area contributed by atoms with Gasteiger partial charge < -0.3 is 10.1 Å². The van der Waals surface area contributed by atoms with Crippen molar-refractivity contribution in [2.45, 2.75) is 38.5 Å². The fourth-order valence-electron chi connectivity index (χ4n) is 2.43. The smallest absolute Gasteiger partial charge is 0.227 e. The molecule has 0 atom stereocenters. The molecule has 0 aliphatic carbocycles. The monoisotopic (exact) mass is 295 g/mol. The van der Waals surface area contributed by atoms with E-state index in [0.29, 0.717) is 31.5 Å². The number of aromatic nitrogens is 3. The van der Waals surface area contributed by atoms with Gasteiger partial charge in [-0.1, -0.05) is 0 Å². The second kappa shape index (κ2) is 8.09. The van der Waals surface area contributed by atoms with Gasteiger partial charge in [-0.05, 0) is 39.3 Å². The van der Waals surface area contributed by atoms with Gasteiger partial charge in [0.1, 0.15) is 0 Å². The Hall–Kier alpha value is -1.47. The topological polar surface area (TPSA) is 81.1 Å². The molecule has 7 nitrogen and oxygen atoms in total. The van der Waals surface area contributed by atoms with Crippen LogP contribution < -0.4 is 10.6 Å². The summed E-state index contributed by atoms with van der Waals surface area (Å²) in [5, 5.41) is 10.6. The summed E-state index contributed by atoms with van der Waals surface area (Å²) in [5.41, 5.74) is 0. The van der Waals surface area contributed by atoms with E-state index in [0.717, 1.165) is 38.2 Å². The van der Waals surface area contributed by atoms with E-state index >= 15 is 0 Å². The molecule has 0 saturated carbocycles. The number of aryl methyl sites for hydroxylation is 1. The van der Waals surface area contributed by atoms with Crippen LogP contribution in [0.2, 0.25) is 0 Å². The summed E-state index contributed by atoms with van der Waals surface area (Å²) in [4.78, 5) is 16.3. The van der Waals surface area contributed by atoms with Crippen LogP contribution in [0.3, 0.4) is 0 Å². The molecule has 118 valence electrons. The number of hydrogen-bond acceptors (Lipinski definition) is 5. The highest BCUT2D eigenvalue weighted by molar-refractivity contribution is 5.88. The molecule has 2 heterocycles. The first-order chi connectivity index (χ1) is 10.2. The molecule has 0 radical (unpaired) electrons. The molecule has 0 unspecified atom stereocenters. The van der Waals surface area contributed by atoms with Crippen LogP contribution in [0.15, 0.2) is 0 Å². The number of carbonyl (C=O) groups excluding carboxylic acids is 1. The van der Waals surface area contributed by atoms with Gasteiger partial charge >= 0.3 is 0 Å². The van der Waals surface area contributed by atoms with Crippen LogP contribution in [0.1, 0.15) is 44.3 Å². The predicted molar refractivity (Wildman–Crippen MR) is 80.2 cm³/mol. The van der Waals surface area contributed by atoms with Crippen LogP contribution in [-0.4, -0.2) is 47.0 Å². The number of anilines is 1. The maximum absolute atomic E-state index is 11.9. The molecule has 0 aromatic carbocycles. The fraction of sp³-hybridized carbons (Fsp3) is 0.786. The predicted octanol–water partition coefficient (Wildman–Crippen LogP) is 1.04. The van der Waals surface area contributed by atoms with E-state index in [4.69, 9.17) is 4.74 Å². The number of piperidine rings is 1. The Kier molecular flexibility index (Phi) is 6.13. The summed E-state index contributed by atoms with van der Waals surface area (Å²) in [6.07, 6.45) is 3.26. The molecule has 1 fully saturated rings. The maximum Gasteiger partial charge on any atom is 0.227 e. The average Bonchev–Trinajstić information content (AvgIpc) is 2.86. The molecule has 7 heteroatoms. The van der Waals surface area contributed by atoms with Crippen molar-refractivity contribution >= 4 is 11.9 Å². The molecule has 1 aromatic heterocycles. The minimum absolute atomic E-state index is 0.0398. The van der Waals surface area contributed by atoms with E-state index in [1.54, 1.807) is 4.68 Å². The van der Waals surface area contributed by atoms with Crippen molar-refractivity contribution in [3.63, 3.8) is 0 Å². The minimum Gasteiger partial charge on any atom is -0.382 e. The first-order valence-corrected chi connectivity index (χ1v) is 7.70. The van der Waals surface area contributed by atoms with Crippen molar-refractivity contribution in [2.24, 2.45) is 7.05 Å². The third-order valence-corrected chi connectivity index (χ3v) is 3.63. The van der Waals surface area contributed by atoms with Crippen molar-refractivity contribution < 1.29 is 9.53 Å². The van der Waals surface area contributed by atoms with Crippen molar-refractivity contribution in [3.05, 3.63) is 5.82 Å². The van der Waals surface area contributed by atoms with Crippen LogP contribution in [0.5, 0.6) is 0 Å². The van der Waals surface area contributed by atoms with Gasteiger partial charge in [0, 0.05) is 32.6 Å². The molecular weight excluding hydrogens is 270 g/mol. The summed E-state index contributed by atoms with van der Waals surface area (Å²) in [6, 6.07) is 0. The third kappa shape index (κ3) is 4.78. The third-order valence-electron chi connectivity index (χ3n) is 3.63. The number of hydrogen-bond donors (Lipinski definition) is 2. The summed E-state index contributed by atoms with van der Waals surface area (Å²) in [7, 11) is 1.81. The number of amides is 1. The Balaban J connectivity index is 1.85. The lowest BCUT2D eigenvalue weighted by Gasteiger charge is -2.19. The molecular formula is C14H25N5O2. The molecule has 1 aromatic rings. The van der Waals surface area contributed by atoms with Gasteiger partial charge in [-0.25, -0.2) is 4.68 Å². The van der Waals surface area contributed by atoms with Gasteiger partial charge in [0.2, 0.25) is 11.9 Å².